The SMILES string of the molecule is C=CC(=O)OCCOCCOCCOCCOCCOCCOc1ccc(N)cc1. The Morgan fingerprint density at radius 1 is 0.700 bits per heavy atom. The topological polar surface area (TPSA) is 108 Å². The van der Waals surface area contributed by atoms with Crippen LogP contribution in [0.5, 0.6) is 5.75 Å². The Morgan fingerprint density at radius 3 is 1.53 bits per heavy atom. The summed E-state index contributed by atoms with van der Waals surface area (Å²) in [7, 11) is 0. The van der Waals surface area contributed by atoms with Gasteiger partial charge in [0, 0.05) is 11.8 Å². The van der Waals surface area contributed by atoms with Gasteiger partial charge in [0.2, 0.25) is 0 Å². The van der Waals surface area contributed by atoms with Crippen LogP contribution in [0.25, 0.3) is 0 Å². The number of nitrogens with two attached hydrogens (primary N) is 1. The molecule has 0 heterocycles. The van der Waals surface area contributed by atoms with Gasteiger partial charge in [0.05, 0.1) is 66.1 Å². The highest BCUT2D eigenvalue weighted by molar-refractivity contribution is 5.81. The second kappa shape index (κ2) is 18.8. The van der Waals surface area contributed by atoms with Gasteiger partial charge in [0.15, 0.2) is 0 Å². The van der Waals surface area contributed by atoms with E-state index in [1.165, 1.54) is 0 Å². The smallest absolute Gasteiger partial charge is 0.330 e. The molecule has 0 saturated heterocycles. The predicted molar refractivity (Wildman–Crippen MR) is 112 cm³/mol. The van der Waals surface area contributed by atoms with Crippen LogP contribution in [-0.2, 0) is 33.2 Å². The minimum atomic E-state index is -0.455. The number of carbonyl (C=O) groups excluding carboxylic acids is 1. The van der Waals surface area contributed by atoms with Gasteiger partial charge < -0.3 is 38.9 Å². The molecule has 0 unspecified atom stereocenters. The van der Waals surface area contributed by atoms with E-state index < -0.39 is 5.97 Å². The van der Waals surface area contributed by atoms with Crippen LogP contribution in [-0.4, -0.2) is 85.3 Å². The average Bonchev–Trinajstić information content (AvgIpc) is 2.76. The fourth-order valence-electron chi connectivity index (χ4n) is 2.02. The van der Waals surface area contributed by atoms with E-state index in [1.54, 1.807) is 12.1 Å². The first kappa shape index (κ1) is 25.9. The molecule has 30 heavy (non-hydrogen) atoms. The van der Waals surface area contributed by atoms with Crippen LogP contribution in [0.3, 0.4) is 0 Å². The molecule has 0 bridgehead atoms. The van der Waals surface area contributed by atoms with Crippen LogP contribution in [0, 0.1) is 0 Å². The van der Waals surface area contributed by atoms with Crippen molar-refractivity contribution in [1.82, 2.24) is 0 Å². The summed E-state index contributed by atoms with van der Waals surface area (Å²) in [5.41, 5.74) is 6.32. The Bertz CT molecular complexity index is 552. The van der Waals surface area contributed by atoms with Gasteiger partial charge in [-0.15, -0.1) is 0 Å². The third-order valence-corrected chi connectivity index (χ3v) is 3.50. The number of benzene rings is 1. The van der Waals surface area contributed by atoms with E-state index in [4.69, 9.17) is 38.9 Å². The Balaban J connectivity index is 1.71. The molecule has 1 aromatic carbocycles. The lowest BCUT2D eigenvalue weighted by Gasteiger charge is -2.09. The van der Waals surface area contributed by atoms with Crippen molar-refractivity contribution in [3.63, 3.8) is 0 Å². The van der Waals surface area contributed by atoms with Gasteiger partial charge in [-0.1, -0.05) is 6.58 Å². The number of anilines is 1. The van der Waals surface area contributed by atoms with Gasteiger partial charge in [-0.05, 0) is 24.3 Å². The number of hydrogen-bond donors (Lipinski definition) is 1. The van der Waals surface area contributed by atoms with Gasteiger partial charge in [-0.3, -0.25) is 0 Å². The van der Waals surface area contributed by atoms with Crippen molar-refractivity contribution in [1.29, 1.82) is 0 Å². The van der Waals surface area contributed by atoms with Gasteiger partial charge in [-0.25, -0.2) is 4.79 Å². The van der Waals surface area contributed by atoms with E-state index in [9.17, 15) is 4.79 Å². The molecule has 9 heteroatoms. The first-order valence-electron chi connectivity index (χ1n) is 9.88. The summed E-state index contributed by atoms with van der Waals surface area (Å²) >= 11 is 0. The molecule has 0 atom stereocenters. The third-order valence-electron chi connectivity index (χ3n) is 3.50. The molecule has 170 valence electrons. The number of rotatable bonds is 20. The summed E-state index contributed by atoms with van der Waals surface area (Å²) in [6.45, 7) is 8.64. The summed E-state index contributed by atoms with van der Waals surface area (Å²) in [4.78, 5) is 10.8. The monoisotopic (exact) mass is 427 g/mol. The summed E-state index contributed by atoms with van der Waals surface area (Å²) in [6.07, 6.45) is 1.11. The summed E-state index contributed by atoms with van der Waals surface area (Å²) < 4.78 is 37.1. The lowest BCUT2D eigenvalue weighted by molar-refractivity contribution is -0.139. The summed E-state index contributed by atoms with van der Waals surface area (Å²) in [6, 6.07) is 7.23. The van der Waals surface area contributed by atoms with Crippen LogP contribution in [0.4, 0.5) is 5.69 Å². The highest BCUT2D eigenvalue weighted by atomic mass is 16.6. The van der Waals surface area contributed by atoms with Gasteiger partial charge in [-0.2, -0.15) is 0 Å². The maximum absolute atomic E-state index is 10.8. The molecule has 0 aliphatic rings. The third kappa shape index (κ3) is 15.7. The fraction of sp³-hybridized carbons (Fsp3) is 0.571. The molecule has 9 nitrogen and oxygen atoms in total. The molecular formula is C21H33NO8. The highest BCUT2D eigenvalue weighted by Gasteiger charge is 1.97. The van der Waals surface area contributed by atoms with Crippen molar-refractivity contribution in [2.45, 2.75) is 0 Å². The van der Waals surface area contributed by atoms with E-state index in [-0.39, 0.29) is 6.61 Å². The Morgan fingerprint density at radius 2 is 1.10 bits per heavy atom. The summed E-state index contributed by atoms with van der Waals surface area (Å²) in [5.74, 6) is 0.313. The lowest BCUT2D eigenvalue weighted by Crippen LogP contribution is -2.15. The normalized spacial score (nSPS) is 10.7. The second-order valence-electron chi connectivity index (χ2n) is 5.85. The average molecular weight is 427 g/mol. The molecule has 0 aliphatic carbocycles. The maximum Gasteiger partial charge on any atom is 0.330 e. The number of carbonyl (C=O) groups is 1. The molecule has 1 rings (SSSR count). The molecule has 2 N–H and O–H groups in total. The number of nitrogen functional groups attached to an aromatic ring is 1. The standard InChI is InChI=1S/C21H33NO8/c1-2-21(23)30-18-16-28-14-12-26-10-8-24-7-9-25-11-13-27-15-17-29-20-5-3-19(22)4-6-20/h2-6H,1,7-18,22H2. The van der Waals surface area contributed by atoms with Crippen molar-refractivity contribution in [2.24, 2.45) is 0 Å². The Hall–Kier alpha value is -2.17. The first-order valence-corrected chi connectivity index (χ1v) is 9.88. The largest absolute Gasteiger partial charge is 0.491 e. The molecule has 0 spiro atoms. The van der Waals surface area contributed by atoms with Gasteiger partial charge in [0.1, 0.15) is 19.0 Å². The molecule has 0 fully saturated rings. The first-order chi connectivity index (χ1) is 14.7. The molecule has 0 radical (unpaired) electrons. The second-order valence-corrected chi connectivity index (χ2v) is 5.85. The number of ether oxygens (including phenoxy) is 7. The van der Waals surface area contributed by atoms with Crippen LogP contribution < -0.4 is 10.5 Å². The zero-order chi connectivity index (χ0) is 21.7. The number of hydrogen-bond acceptors (Lipinski definition) is 9. The molecular weight excluding hydrogens is 394 g/mol. The quantitative estimate of drug-likeness (QED) is 0.143. The van der Waals surface area contributed by atoms with E-state index in [2.05, 4.69) is 6.58 Å². The van der Waals surface area contributed by atoms with Gasteiger partial charge in [0.25, 0.3) is 0 Å². The Labute approximate surface area is 178 Å². The summed E-state index contributed by atoms with van der Waals surface area (Å²) in [5, 5.41) is 0. The van der Waals surface area contributed by atoms with E-state index in [1.807, 2.05) is 12.1 Å². The van der Waals surface area contributed by atoms with E-state index >= 15 is 0 Å². The molecule has 0 aliphatic heterocycles. The fourth-order valence-corrected chi connectivity index (χ4v) is 2.02. The number of esters is 1. The van der Waals surface area contributed by atoms with Crippen molar-refractivity contribution >= 4 is 11.7 Å². The van der Waals surface area contributed by atoms with Crippen LogP contribution in [0.15, 0.2) is 36.9 Å². The van der Waals surface area contributed by atoms with Crippen molar-refractivity contribution in [3.05, 3.63) is 36.9 Å². The van der Waals surface area contributed by atoms with Crippen LogP contribution in [0.1, 0.15) is 0 Å². The van der Waals surface area contributed by atoms with Gasteiger partial charge >= 0.3 is 5.97 Å². The lowest BCUT2D eigenvalue weighted by atomic mass is 10.3. The predicted octanol–water partition coefficient (Wildman–Crippen LogP) is 1.46. The minimum absolute atomic E-state index is 0.205. The highest BCUT2D eigenvalue weighted by Crippen LogP contribution is 2.12. The van der Waals surface area contributed by atoms with Crippen molar-refractivity contribution < 1.29 is 38.0 Å². The molecule has 0 aromatic heterocycles. The molecule has 1 aromatic rings. The maximum atomic E-state index is 10.8. The molecule has 0 amide bonds. The van der Waals surface area contributed by atoms with E-state index in [0.717, 1.165) is 11.8 Å². The minimum Gasteiger partial charge on any atom is -0.491 e. The Kier molecular flexibility index (Phi) is 16.2. The van der Waals surface area contributed by atoms with E-state index in [0.29, 0.717) is 78.4 Å². The zero-order valence-electron chi connectivity index (χ0n) is 17.4. The zero-order valence-corrected chi connectivity index (χ0v) is 17.4. The van der Waals surface area contributed by atoms with Crippen LogP contribution >= 0.6 is 0 Å². The van der Waals surface area contributed by atoms with Crippen molar-refractivity contribution in [3.8, 4) is 5.75 Å². The van der Waals surface area contributed by atoms with Crippen molar-refractivity contribution in [2.75, 3.05) is 85.0 Å². The van der Waals surface area contributed by atoms with Crippen LogP contribution in [0.2, 0.25) is 0 Å². The molecule has 0 saturated carbocycles.